The third-order valence-corrected chi connectivity index (χ3v) is 4.63. The SMILES string of the molecule is COc1ccc(S(=O)(=O)Cl)cc1N1CCN(C)CC1. The van der Waals surface area contributed by atoms with Crippen molar-refractivity contribution < 1.29 is 13.2 Å². The molecule has 0 amide bonds. The Morgan fingerprint density at radius 2 is 1.84 bits per heavy atom. The Morgan fingerprint density at radius 3 is 2.37 bits per heavy atom. The topological polar surface area (TPSA) is 49.9 Å². The van der Waals surface area contributed by atoms with Gasteiger partial charge in [-0.15, -0.1) is 0 Å². The van der Waals surface area contributed by atoms with E-state index in [1.807, 2.05) is 0 Å². The summed E-state index contributed by atoms with van der Waals surface area (Å²) < 4.78 is 28.1. The lowest BCUT2D eigenvalue weighted by atomic mass is 10.2. The van der Waals surface area contributed by atoms with Crippen LogP contribution in [0.4, 0.5) is 5.69 Å². The number of rotatable bonds is 3. The van der Waals surface area contributed by atoms with Crippen molar-refractivity contribution in [2.75, 3.05) is 45.2 Å². The van der Waals surface area contributed by atoms with E-state index in [9.17, 15) is 8.42 Å². The van der Waals surface area contributed by atoms with Crippen molar-refractivity contribution in [3.63, 3.8) is 0 Å². The largest absolute Gasteiger partial charge is 0.495 e. The van der Waals surface area contributed by atoms with E-state index in [0.717, 1.165) is 31.9 Å². The van der Waals surface area contributed by atoms with Crippen LogP contribution in [0.25, 0.3) is 0 Å². The van der Waals surface area contributed by atoms with Gasteiger partial charge in [-0.1, -0.05) is 0 Å². The number of anilines is 1. The number of hydrogen-bond donors (Lipinski definition) is 0. The number of ether oxygens (including phenoxy) is 1. The van der Waals surface area contributed by atoms with Crippen LogP contribution < -0.4 is 9.64 Å². The molecule has 0 atom stereocenters. The van der Waals surface area contributed by atoms with Gasteiger partial charge in [0.2, 0.25) is 0 Å². The van der Waals surface area contributed by atoms with E-state index in [-0.39, 0.29) is 4.90 Å². The normalized spacial score (nSPS) is 17.5. The molecule has 0 aliphatic carbocycles. The monoisotopic (exact) mass is 304 g/mol. The fourth-order valence-electron chi connectivity index (χ4n) is 2.12. The molecule has 0 aromatic heterocycles. The third-order valence-electron chi connectivity index (χ3n) is 3.28. The van der Waals surface area contributed by atoms with Crippen LogP contribution in [0.1, 0.15) is 0 Å². The molecule has 7 heteroatoms. The highest BCUT2D eigenvalue weighted by molar-refractivity contribution is 8.13. The summed E-state index contributed by atoms with van der Waals surface area (Å²) in [5.41, 5.74) is 0.775. The molecule has 2 rings (SSSR count). The van der Waals surface area contributed by atoms with Gasteiger partial charge in [0.05, 0.1) is 17.7 Å². The van der Waals surface area contributed by atoms with E-state index >= 15 is 0 Å². The van der Waals surface area contributed by atoms with Crippen LogP contribution in [0, 0.1) is 0 Å². The summed E-state index contributed by atoms with van der Waals surface area (Å²) >= 11 is 0. The zero-order valence-electron chi connectivity index (χ0n) is 11.0. The first-order valence-corrected chi connectivity index (χ1v) is 8.29. The standard InChI is InChI=1S/C12H17ClN2O3S/c1-14-5-7-15(8-6-14)11-9-10(19(13,16)17)3-4-12(11)18-2/h3-4,9H,5-8H2,1-2H3. The molecular formula is C12H17ClN2O3S. The molecule has 106 valence electrons. The highest BCUT2D eigenvalue weighted by Crippen LogP contribution is 2.32. The summed E-state index contributed by atoms with van der Waals surface area (Å²) in [4.78, 5) is 4.44. The Labute approximate surface area is 118 Å². The van der Waals surface area contributed by atoms with Crippen molar-refractivity contribution in [2.24, 2.45) is 0 Å². The second-order valence-electron chi connectivity index (χ2n) is 4.56. The van der Waals surface area contributed by atoms with Crippen molar-refractivity contribution in [3.05, 3.63) is 18.2 Å². The maximum Gasteiger partial charge on any atom is 0.261 e. The van der Waals surface area contributed by atoms with E-state index in [1.165, 1.54) is 6.07 Å². The van der Waals surface area contributed by atoms with Gasteiger partial charge in [-0.3, -0.25) is 0 Å². The van der Waals surface area contributed by atoms with Gasteiger partial charge in [0.25, 0.3) is 9.05 Å². The van der Waals surface area contributed by atoms with Crippen molar-refractivity contribution in [1.82, 2.24) is 4.90 Å². The fraction of sp³-hybridized carbons (Fsp3) is 0.500. The number of halogens is 1. The number of likely N-dealkylation sites (N-methyl/N-ethyl adjacent to an activating group) is 1. The Morgan fingerprint density at radius 1 is 1.21 bits per heavy atom. The molecule has 1 aliphatic heterocycles. The summed E-state index contributed by atoms with van der Waals surface area (Å²) in [7, 11) is 5.31. The number of benzene rings is 1. The van der Waals surface area contributed by atoms with E-state index in [1.54, 1.807) is 19.2 Å². The number of methoxy groups -OCH3 is 1. The first-order valence-electron chi connectivity index (χ1n) is 5.98. The van der Waals surface area contributed by atoms with Crippen molar-refractivity contribution in [1.29, 1.82) is 0 Å². The van der Waals surface area contributed by atoms with Crippen LogP contribution in [-0.2, 0) is 9.05 Å². The second-order valence-corrected chi connectivity index (χ2v) is 7.13. The van der Waals surface area contributed by atoms with Crippen molar-refractivity contribution in [2.45, 2.75) is 4.90 Å². The predicted molar refractivity (Wildman–Crippen MR) is 75.7 cm³/mol. The highest BCUT2D eigenvalue weighted by Gasteiger charge is 2.20. The zero-order valence-corrected chi connectivity index (χ0v) is 12.5. The van der Waals surface area contributed by atoms with Gasteiger partial charge in [0.15, 0.2) is 0 Å². The third kappa shape index (κ3) is 3.32. The van der Waals surface area contributed by atoms with E-state index < -0.39 is 9.05 Å². The Kier molecular flexibility index (Phi) is 4.23. The quantitative estimate of drug-likeness (QED) is 0.790. The minimum Gasteiger partial charge on any atom is -0.495 e. The molecule has 0 unspecified atom stereocenters. The van der Waals surface area contributed by atoms with Gasteiger partial charge < -0.3 is 14.5 Å². The van der Waals surface area contributed by atoms with Crippen LogP contribution in [0.5, 0.6) is 5.75 Å². The van der Waals surface area contributed by atoms with Crippen LogP contribution in [0.3, 0.4) is 0 Å². The number of hydrogen-bond acceptors (Lipinski definition) is 5. The zero-order chi connectivity index (χ0) is 14.0. The molecule has 1 heterocycles. The molecule has 1 aromatic carbocycles. The summed E-state index contributed by atoms with van der Waals surface area (Å²) in [5.74, 6) is 0.661. The summed E-state index contributed by atoms with van der Waals surface area (Å²) in [5, 5.41) is 0. The average molecular weight is 305 g/mol. The molecule has 5 nitrogen and oxygen atoms in total. The minimum atomic E-state index is -3.72. The van der Waals surface area contributed by atoms with Crippen LogP contribution in [0.15, 0.2) is 23.1 Å². The lowest BCUT2D eigenvalue weighted by Gasteiger charge is -2.34. The molecule has 0 spiro atoms. The van der Waals surface area contributed by atoms with Gasteiger partial charge in [-0.2, -0.15) is 0 Å². The maximum atomic E-state index is 11.4. The second kappa shape index (κ2) is 5.56. The van der Waals surface area contributed by atoms with Gasteiger partial charge in [-0.05, 0) is 25.2 Å². The predicted octanol–water partition coefficient (Wildman–Crippen LogP) is 1.37. The first kappa shape index (κ1) is 14.4. The van der Waals surface area contributed by atoms with Crippen LogP contribution in [-0.4, -0.2) is 53.7 Å². The van der Waals surface area contributed by atoms with Crippen LogP contribution >= 0.6 is 10.7 Å². The fourth-order valence-corrected chi connectivity index (χ4v) is 2.89. The highest BCUT2D eigenvalue weighted by atomic mass is 35.7. The number of nitrogens with zero attached hydrogens (tertiary/aromatic N) is 2. The van der Waals surface area contributed by atoms with Crippen molar-refractivity contribution >= 4 is 25.4 Å². The van der Waals surface area contributed by atoms with Crippen LogP contribution in [0.2, 0.25) is 0 Å². The van der Waals surface area contributed by atoms with E-state index in [0.29, 0.717) is 5.75 Å². The summed E-state index contributed by atoms with van der Waals surface area (Å²) in [6.07, 6.45) is 0. The summed E-state index contributed by atoms with van der Waals surface area (Å²) in [6, 6.07) is 4.68. The minimum absolute atomic E-state index is 0.101. The van der Waals surface area contributed by atoms with Gasteiger partial charge in [0.1, 0.15) is 5.75 Å². The average Bonchev–Trinajstić information content (AvgIpc) is 2.38. The molecule has 1 aliphatic rings. The van der Waals surface area contributed by atoms with Gasteiger partial charge >= 0.3 is 0 Å². The molecule has 1 saturated heterocycles. The van der Waals surface area contributed by atoms with Gasteiger partial charge in [0, 0.05) is 36.9 Å². The van der Waals surface area contributed by atoms with Crippen molar-refractivity contribution in [3.8, 4) is 5.75 Å². The molecule has 0 N–H and O–H groups in total. The molecule has 0 radical (unpaired) electrons. The molecule has 1 aromatic rings. The molecule has 0 saturated carbocycles. The lowest BCUT2D eigenvalue weighted by molar-refractivity contribution is 0.311. The number of piperazine rings is 1. The molecule has 19 heavy (non-hydrogen) atoms. The smallest absolute Gasteiger partial charge is 0.261 e. The summed E-state index contributed by atoms with van der Waals surface area (Å²) in [6.45, 7) is 3.53. The van der Waals surface area contributed by atoms with Gasteiger partial charge in [-0.25, -0.2) is 8.42 Å². The molecule has 1 fully saturated rings. The van der Waals surface area contributed by atoms with E-state index in [2.05, 4.69) is 16.8 Å². The molecular weight excluding hydrogens is 288 g/mol. The molecule has 0 bridgehead atoms. The lowest BCUT2D eigenvalue weighted by Crippen LogP contribution is -2.44. The Balaban J connectivity index is 2.36. The Bertz CT molecular complexity index is 554. The Hall–Kier alpha value is -0.980. The first-order chi connectivity index (χ1) is 8.91. The maximum absolute atomic E-state index is 11.4. The van der Waals surface area contributed by atoms with E-state index in [4.69, 9.17) is 15.4 Å².